The molecule has 0 spiro atoms. The minimum absolute atomic E-state index is 0.276. The van der Waals surface area contributed by atoms with Crippen molar-refractivity contribution in [3.05, 3.63) is 34.8 Å². The van der Waals surface area contributed by atoms with Crippen molar-refractivity contribution < 1.29 is 0 Å². The highest BCUT2D eigenvalue weighted by Gasteiger charge is 2.08. The predicted molar refractivity (Wildman–Crippen MR) is 79.2 cm³/mol. The second kappa shape index (κ2) is 7.01. The average Bonchev–Trinajstić information content (AvgIpc) is 2.28. The van der Waals surface area contributed by atoms with Crippen LogP contribution in [-0.4, -0.2) is 19.6 Å². The summed E-state index contributed by atoms with van der Waals surface area (Å²) in [5.41, 5.74) is 7.84. The maximum absolute atomic E-state index is 5.98. The Hall–Kier alpha value is -0.550. The third-order valence-corrected chi connectivity index (χ3v) is 2.96. The lowest BCUT2D eigenvalue weighted by molar-refractivity contribution is 0.563. The smallest absolute Gasteiger partial charge is 0.0431 e. The van der Waals surface area contributed by atoms with Crippen molar-refractivity contribution in [2.75, 3.05) is 18.9 Å². The quantitative estimate of drug-likeness (QED) is 0.705. The maximum atomic E-state index is 5.98. The van der Waals surface area contributed by atoms with Gasteiger partial charge in [-0.25, -0.2) is 0 Å². The summed E-state index contributed by atoms with van der Waals surface area (Å²) in [6, 6.07) is 6.20. The molecule has 0 heterocycles. The molecule has 1 unspecified atom stereocenters. The molecule has 0 aromatic heterocycles. The molecule has 0 radical (unpaired) electrons. The van der Waals surface area contributed by atoms with Crippen molar-refractivity contribution in [2.45, 2.75) is 13.0 Å². The largest absolute Gasteiger partial charge is 0.381 e. The number of hydrogen-bond acceptors (Lipinski definition) is 3. The fraction of sp³-hybridized carbons (Fsp3) is 0.333. The molecule has 1 atom stereocenters. The highest BCUT2D eigenvalue weighted by molar-refractivity contribution is 9.10. The molecule has 0 bridgehead atoms. The van der Waals surface area contributed by atoms with Crippen LogP contribution in [0.25, 0.3) is 5.03 Å². The van der Waals surface area contributed by atoms with E-state index in [1.807, 2.05) is 25.2 Å². The first-order valence-corrected chi connectivity index (χ1v) is 6.52. The maximum Gasteiger partial charge on any atom is 0.0431 e. The Kier molecular flexibility index (Phi) is 5.98. The third kappa shape index (κ3) is 4.68. The summed E-state index contributed by atoms with van der Waals surface area (Å²) in [5, 5.41) is 3.92. The van der Waals surface area contributed by atoms with E-state index in [9.17, 15) is 0 Å². The summed E-state index contributed by atoms with van der Waals surface area (Å²) in [6.45, 7) is 6.67. The first-order valence-electron chi connectivity index (χ1n) is 5.35. The Bertz CT molecular complexity index is 395. The van der Waals surface area contributed by atoms with Crippen LogP contribution in [0.15, 0.2) is 29.3 Å². The van der Waals surface area contributed by atoms with Crippen LogP contribution in [0.1, 0.15) is 12.5 Å². The van der Waals surface area contributed by atoms with E-state index in [4.69, 9.17) is 11.6 Å². The van der Waals surface area contributed by atoms with Crippen molar-refractivity contribution in [3.8, 4) is 0 Å². The summed E-state index contributed by atoms with van der Waals surface area (Å²) in [7, 11) is 1.85. The zero-order chi connectivity index (χ0) is 12.8. The molecule has 0 saturated carbocycles. The zero-order valence-electron chi connectivity index (χ0n) is 9.98. The standard InChI is InChI=1S/C12H17BrClN3/c1-8(7-16-15-3)17-12-5-4-10(13)6-11(12)9(2)14/h4-6,8,15-17H,2,7H2,1,3H3. The molecule has 17 heavy (non-hydrogen) atoms. The van der Waals surface area contributed by atoms with Gasteiger partial charge < -0.3 is 5.32 Å². The predicted octanol–water partition coefficient (Wildman–Crippen LogP) is 3.18. The van der Waals surface area contributed by atoms with Crippen LogP contribution in [0, 0.1) is 0 Å². The van der Waals surface area contributed by atoms with Gasteiger partial charge in [0.1, 0.15) is 0 Å². The molecule has 0 aliphatic rings. The fourth-order valence-electron chi connectivity index (χ4n) is 1.44. The molecule has 3 N–H and O–H groups in total. The van der Waals surface area contributed by atoms with E-state index in [2.05, 4.69) is 45.6 Å². The number of nitrogens with one attached hydrogen (secondary N) is 3. The summed E-state index contributed by atoms with van der Waals surface area (Å²) >= 11 is 9.41. The molecular formula is C12H17BrClN3. The van der Waals surface area contributed by atoms with Gasteiger partial charge in [0, 0.05) is 33.3 Å². The van der Waals surface area contributed by atoms with Crippen molar-refractivity contribution in [1.29, 1.82) is 0 Å². The van der Waals surface area contributed by atoms with Gasteiger partial charge in [0.2, 0.25) is 0 Å². The molecule has 0 saturated heterocycles. The molecule has 1 aromatic rings. The monoisotopic (exact) mass is 317 g/mol. The van der Waals surface area contributed by atoms with E-state index < -0.39 is 0 Å². The number of hydrazine groups is 1. The summed E-state index contributed by atoms with van der Waals surface area (Å²) < 4.78 is 0.987. The van der Waals surface area contributed by atoms with Crippen LogP contribution in [0.2, 0.25) is 0 Å². The van der Waals surface area contributed by atoms with Gasteiger partial charge >= 0.3 is 0 Å². The number of benzene rings is 1. The van der Waals surface area contributed by atoms with E-state index in [1.54, 1.807) is 0 Å². The van der Waals surface area contributed by atoms with E-state index in [-0.39, 0.29) is 6.04 Å². The molecule has 0 aliphatic heterocycles. The van der Waals surface area contributed by atoms with Crippen molar-refractivity contribution in [1.82, 2.24) is 10.9 Å². The van der Waals surface area contributed by atoms with Gasteiger partial charge in [0.15, 0.2) is 0 Å². The third-order valence-electron chi connectivity index (χ3n) is 2.26. The SMILES string of the molecule is C=C(Cl)c1cc(Br)ccc1NC(C)CNNC. The van der Waals surface area contributed by atoms with E-state index >= 15 is 0 Å². The summed E-state index contributed by atoms with van der Waals surface area (Å²) in [5.74, 6) is 0. The topological polar surface area (TPSA) is 36.1 Å². The number of hydrogen-bond donors (Lipinski definition) is 3. The molecule has 3 nitrogen and oxygen atoms in total. The molecule has 1 aromatic carbocycles. The van der Waals surface area contributed by atoms with Crippen molar-refractivity contribution >= 4 is 38.3 Å². The highest BCUT2D eigenvalue weighted by Crippen LogP contribution is 2.29. The van der Waals surface area contributed by atoms with Crippen LogP contribution < -0.4 is 16.2 Å². The molecule has 5 heteroatoms. The highest BCUT2D eigenvalue weighted by atomic mass is 79.9. The van der Waals surface area contributed by atoms with Crippen molar-refractivity contribution in [3.63, 3.8) is 0 Å². The van der Waals surface area contributed by atoms with Gasteiger partial charge in [-0.1, -0.05) is 34.1 Å². The second-order valence-corrected chi connectivity index (χ2v) is 5.14. The number of rotatable bonds is 6. The lowest BCUT2D eigenvalue weighted by Gasteiger charge is -2.18. The second-order valence-electron chi connectivity index (χ2n) is 3.77. The Balaban J connectivity index is 2.79. The molecule has 0 aliphatic carbocycles. The fourth-order valence-corrected chi connectivity index (χ4v) is 1.96. The van der Waals surface area contributed by atoms with E-state index in [0.717, 1.165) is 22.3 Å². The van der Waals surface area contributed by atoms with Crippen LogP contribution in [0.5, 0.6) is 0 Å². The molecular weight excluding hydrogens is 302 g/mol. The van der Waals surface area contributed by atoms with Crippen molar-refractivity contribution in [2.24, 2.45) is 0 Å². The Morgan fingerprint density at radius 2 is 2.24 bits per heavy atom. The number of halogens is 2. The van der Waals surface area contributed by atoms with Gasteiger partial charge in [-0.15, -0.1) is 0 Å². The summed E-state index contributed by atoms with van der Waals surface area (Å²) in [4.78, 5) is 0. The van der Waals surface area contributed by atoms with Crippen LogP contribution in [0.3, 0.4) is 0 Å². The van der Waals surface area contributed by atoms with Crippen LogP contribution >= 0.6 is 27.5 Å². The number of anilines is 1. The first kappa shape index (κ1) is 14.5. The molecule has 1 rings (SSSR count). The Morgan fingerprint density at radius 1 is 1.53 bits per heavy atom. The van der Waals surface area contributed by atoms with Crippen LogP contribution in [0.4, 0.5) is 5.69 Å². The van der Waals surface area contributed by atoms with Gasteiger partial charge in [-0.3, -0.25) is 10.9 Å². The first-order chi connectivity index (χ1) is 8.04. The average molecular weight is 319 g/mol. The Labute approximate surface area is 116 Å². The minimum Gasteiger partial charge on any atom is -0.381 e. The van der Waals surface area contributed by atoms with Gasteiger partial charge in [0.25, 0.3) is 0 Å². The van der Waals surface area contributed by atoms with E-state index in [0.29, 0.717) is 5.03 Å². The lowest BCUT2D eigenvalue weighted by Crippen LogP contribution is -2.37. The molecule has 94 valence electrons. The normalized spacial score (nSPS) is 12.2. The van der Waals surface area contributed by atoms with Crippen LogP contribution in [-0.2, 0) is 0 Å². The van der Waals surface area contributed by atoms with Gasteiger partial charge in [-0.2, -0.15) is 0 Å². The lowest BCUT2D eigenvalue weighted by atomic mass is 10.1. The van der Waals surface area contributed by atoms with Gasteiger partial charge in [-0.05, 0) is 32.2 Å². The Morgan fingerprint density at radius 3 is 2.82 bits per heavy atom. The summed E-state index contributed by atoms with van der Waals surface area (Å²) in [6.07, 6.45) is 0. The zero-order valence-corrected chi connectivity index (χ0v) is 12.3. The van der Waals surface area contributed by atoms with E-state index in [1.165, 1.54) is 0 Å². The molecule has 0 fully saturated rings. The minimum atomic E-state index is 0.276. The molecule has 0 amide bonds. The van der Waals surface area contributed by atoms with Gasteiger partial charge in [0.05, 0.1) is 0 Å².